The second-order valence-corrected chi connectivity index (χ2v) is 8.49. The summed E-state index contributed by atoms with van der Waals surface area (Å²) in [5.74, 6) is 0.781. The Kier molecular flexibility index (Phi) is 2.55. The molecule has 18 heavy (non-hydrogen) atoms. The van der Waals surface area contributed by atoms with Crippen molar-refractivity contribution in [2.45, 2.75) is 78.7 Å². The second kappa shape index (κ2) is 3.53. The van der Waals surface area contributed by atoms with E-state index < -0.39 is 0 Å². The lowest BCUT2D eigenvalue weighted by Crippen LogP contribution is -2.61. The highest BCUT2D eigenvalue weighted by atomic mass is 16.5. The molecule has 3 rings (SSSR count). The fourth-order valence-corrected chi connectivity index (χ4v) is 5.96. The van der Waals surface area contributed by atoms with Crippen LogP contribution >= 0.6 is 0 Å². The summed E-state index contributed by atoms with van der Waals surface area (Å²) in [6, 6.07) is 0. The first-order valence-electron chi connectivity index (χ1n) is 7.89. The van der Waals surface area contributed by atoms with Gasteiger partial charge in [-0.3, -0.25) is 0 Å². The minimum Gasteiger partial charge on any atom is -0.375 e. The molecule has 0 radical (unpaired) electrons. The molecule has 0 aromatic carbocycles. The van der Waals surface area contributed by atoms with E-state index in [1.807, 2.05) is 0 Å². The summed E-state index contributed by atoms with van der Waals surface area (Å²) in [5.41, 5.74) is 1.65. The average Bonchev–Trinajstić information content (AvgIpc) is 2.66. The summed E-state index contributed by atoms with van der Waals surface area (Å²) in [4.78, 5) is 0. The van der Waals surface area contributed by atoms with Crippen molar-refractivity contribution < 1.29 is 4.74 Å². The molecule has 0 aromatic rings. The number of rotatable bonds is 0. The van der Waals surface area contributed by atoms with Gasteiger partial charge in [0.2, 0.25) is 0 Å². The van der Waals surface area contributed by atoms with Gasteiger partial charge >= 0.3 is 0 Å². The summed E-state index contributed by atoms with van der Waals surface area (Å²) >= 11 is 0. The van der Waals surface area contributed by atoms with Crippen molar-refractivity contribution in [3.05, 3.63) is 0 Å². The van der Waals surface area contributed by atoms with E-state index in [0.29, 0.717) is 16.2 Å². The second-order valence-electron chi connectivity index (χ2n) is 8.49. The number of fused-ring (bicyclic) bond motifs is 3. The van der Waals surface area contributed by atoms with Crippen LogP contribution in [0.15, 0.2) is 0 Å². The van der Waals surface area contributed by atoms with Crippen molar-refractivity contribution >= 4 is 0 Å². The Bertz CT molecular complexity index is 361. The van der Waals surface area contributed by atoms with E-state index in [2.05, 4.69) is 34.6 Å². The van der Waals surface area contributed by atoms with E-state index in [1.54, 1.807) is 0 Å². The van der Waals surface area contributed by atoms with Gasteiger partial charge in [-0.15, -0.1) is 0 Å². The highest BCUT2D eigenvalue weighted by Gasteiger charge is 2.65. The van der Waals surface area contributed by atoms with E-state index in [1.165, 1.54) is 38.5 Å². The molecule has 0 N–H and O–H groups in total. The molecule has 1 saturated heterocycles. The highest BCUT2D eigenvalue weighted by molar-refractivity contribution is 5.15. The summed E-state index contributed by atoms with van der Waals surface area (Å²) in [6.45, 7) is 13.6. The molecule has 0 spiro atoms. The summed E-state index contributed by atoms with van der Waals surface area (Å²) in [5, 5.41) is 0. The lowest BCUT2D eigenvalue weighted by atomic mass is 9.38. The normalized spacial score (nSPS) is 54.8. The topological polar surface area (TPSA) is 9.23 Å². The van der Waals surface area contributed by atoms with Gasteiger partial charge in [0.15, 0.2) is 0 Å². The minimum absolute atomic E-state index is 0.182. The first kappa shape index (κ1) is 13.0. The molecular formula is C17H30O. The van der Waals surface area contributed by atoms with E-state index in [4.69, 9.17) is 4.74 Å². The minimum atomic E-state index is 0.182. The van der Waals surface area contributed by atoms with Crippen molar-refractivity contribution in [1.29, 1.82) is 0 Å². The summed E-state index contributed by atoms with van der Waals surface area (Å²) in [6.07, 6.45) is 8.14. The molecule has 104 valence electrons. The lowest BCUT2D eigenvalue weighted by molar-refractivity contribution is -0.200. The van der Waals surface area contributed by atoms with E-state index in [-0.39, 0.29) is 5.60 Å². The molecular weight excluding hydrogens is 220 g/mol. The first-order chi connectivity index (χ1) is 8.25. The fourth-order valence-electron chi connectivity index (χ4n) is 5.96. The molecule has 0 amide bonds. The molecule has 4 atom stereocenters. The van der Waals surface area contributed by atoms with Crippen LogP contribution in [0.25, 0.3) is 0 Å². The molecule has 0 aromatic heterocycles. The summed E-state index contributed by atoms with van der Waals surface area (Å²) in [7, 11) is 0. The van der Waals surface area contributed by atoms with Gasteiger partial charge in [-0.1, -0.05) is 34.1 Å². The van der Waals surface area contributed by atoms with Crippen LogP contribution in [0.4, 0.5) is 0 Å². The van der Waals surface area contributed by atoms with Gasteiger partial charge in [0.1, 0.15) is 0 Å². The van der Waals surface area contributed by atoms with Gasteiger partial charge in [-0.2, -0.15) is 0 Å². The Morgan fingerprint density at radius 1 is 0.889 bits per heavy atom. The van der Waals surface area contributed by atoms with Crippen LogP contribution in [0.5, 0.6) is 0 Å². The van der Waals surface area contributed by atoms with Crippen molar-refractivity contribution in [3.8, 4) is 0 Å². The predicted octanol–water partition coefficient (Wildman–Crippen LogP) is 4.80. The highest BCUT2D eigenvalue weighted by Crippen LogP contribution is 2.71. The molecule has 1 heterocycles. The maximum absolute atomic E-state index is 6.17. The van der Waals surface area contributed by atoms with Crippen LogP contribution in [0, 0.1) is 22.2 Å². The van der Waals surface area contributed by atoms with Gasteiger partial charge in [0, 0.05) is 6.61 Å². The van der Waals surface area contributed by atoms with Gasteiger partial charge in [0.25, 0.3) is 0 Å². The molecule has 0 bridgehead atoms. The Morgan fingerprint density at radius 2 is 1.61 bits per heavy atom. The van der Waals surface area contributed by atoms with Crippen molar-refractivity contribution in [2.75, 3.05) is 6.61 Å². The van der Waals surface area contributed by atoms with Gasteiger partial charge in [-0.25, -0.2) is 0 Å². The molecule has 2 aliphatic carbocycles. The molecule has 1 aliphatic heterocycles. The zero-order chi connectivity index (χ0) is 13.2. The smallest absolute Gasteiger partial charge is 0.0689 e. The number of ether oxygens (including phenoxy) is 1. The Morgan fingerprint density at radius 3 is 2.33 bits per heavy atom. The van der Waals surface area contributed by atoms with Crippen molar-refractivity contribution in [3.63, 3.8) is 0 Å². The van der Waals surface area contributed by atoms with Crippen LogP contribution < -0.4 is 0 Å². The van der Waals surface area contributed by atoms with Gasteiger partial charge in [0.05, 0.1) is 5.60 Å². The molecule has 0 unspecified atom stereocenters. The molecule has 3 fully saturated rings. The van der Waals surface area contributed by atoms with Crippen LogP contribution in [0.1, 0.15) is 73.1 Å². The average molecular weight is 250 g/mol. The third-order valence-corrected chi connectivity index (χ3v) is 7.72. The monoisotopic (exact) mass is 250 g/mol. The standard InChI is InChI=1S/C17H30O/c1-14(2)8-6-9-15(3)13-7-12-18-16(13,4)10-11-17(14,15)5/h13H,6-12H2,1-5H3/t13-,15-,16-,17+/m1/s1. The van der Waals surface area contributed by atoms with Gasteiger partial charge in [-0.05, 0) is 61.2 Å². The van der Waals surface area contributed by atoms with Crippen molar-refractivity contribution in [1.82, 2.24) is 0 Å². The zero-order valence-corrected chi connectivity index (χ0v) is 12.9. The molecule has 1 heteroatoms. The Hall–Kier alpha value is -0.0400. The first-order valence-corrected chi connectivity index (χ1v) is 7.89. The summed E-state index contributed by atoms with van der Waals surface area (Å²) < 4.78 is 6.17. The van der Waals surface area contributed by atoms with Crippen molar-refractivity contribution in [2.24, 2.45) is 22.2 Å². The molecule has 1 nitrogen and oxygen atoms in total. The quantitative estimate of drug-likeness (QED) is 0.600. The maximum atomic E-state index is 6.17. The third kappa shape index (κ3) is 1.32. The largest absolute Gasteiger partial charge is 0.375 e. The lowest BCUT2D eigenvalue weighted by Gasteiger charge is -2.67. The zero-order valence-electron chi connectivity index (χ0n) is 12.9. The SMILES string of the molecule is CC1(C)CCC[C@]2(C)[C@H]3CCO[C@]3(C)CC[C@@]12C. The van der Waals surface area contributed by atoms with Crippen LogP contribution in [0.2, 0.25) is 0 Å². The van der Waals surface area contributed by atoms with Crippen LogP contribution in [-0.4, -0.2) is 12.2 Å². The number of hydrogen-bond donors (Lipinski definition) is 0. The number of hydrogen-bond acceptors (Lipinski definition) is 1. The molecule has 3 aliphatic rings. The van der Waals surface area contributed by atoms with Crippen LogP contribution in [-0.2, 0) is 4.74 Å². The van der Waals surface area contributed by atoms with Crippen LogP contribution in [0.3, 0.4) is 0 Å². The van der Waals surface area contributed by atoms with E-state index in [0.717, 1.165) is 12.5 Å². The fraction of sp³-hybridized carbons (Fsp3) is 1.00. The van der Waals surface area contributed by atoms with Gasteiger partial charge < -0.3 is 4.74 Å². The van der Waals surface area contributed by atoms with E-state index in [9.17, 15) is 0 Å². The Labute approximate surface area is 113 Å². The third-order valence-electron chi connectivity index (χ3n) is 7.72. The van der Waals surface area contributed by atoms with E-state index >= 15 is 0 Å². The molecule has 2 saturated carbocycles. The predicted molar refractivity (Wildman–Crippen MR) is 75.5 cm³/mol. The maximum Gasteiger partial charge on any atom is 0.0689 e. The Balaban J connectivity index is 2.07.